The number of allylic oxidation sites excluding steroid dienone is 2. The summed E-state index contributed by atoms with van der Waals surface area (Å²) in [7, 11) is 1.76. The molecule has 0 amide bonds. The molecule has 0 bridgehead atoms. The van der Waals surface area contributed by atoms with Crippen LogP contribution in [-0.4, -0.2) is 9.36 Å². The van der Waals surface area contributed by atoms with Gasteiger partial charge in [-0.1, -0.05) is 19.1 Å². The van der Waals surface area contributed by atoms with Gasteiger partial charge in [-0.05, 0) is 12.0 Å². The van der Waals surface area contributed by atoms with Crippen LogP contribution in [0.5, 0.6) is 0 Å². The summed E-state index contributed by atoms with van der Waals surface area (Å²) in [6.45, 7) is 2.11. The minimum absolute atomic E-state index is 0.0267. The zero-order chi connectivity index (χ0) is 9.42. The van der Waals surface area contributed by atoms with Gasteiger partial charge in [0.15, 0.2) is 0 Å². The fraction of sp³-hybridized carbons (Fsp3) is 0.300. The van der Waals surface area contributed by atoms with E-state index in [1.165, 1.54) is 0 Å². The van der Waals surface area contributed by atoms with Crippen molar-refractivity contribution >= 4 is 12.3 Å². The molecule has 1 atom stereocenters. The van der Waals surface area contributed by atoms with Gasteiger partial charge in [0.1, 0.15) is 0 Å². The van der Waals surface area contributed by atoms with Crippen molar-refractivity contribution in [2.24, 2.45) is 13.0 Å². The minimum atomic E-state index is 0.0267. The van der Waals surface area contributed by atoms with Crippen molar-refractivity contribution in [2.75, 3.05) is 0 Å². The van der Waals surface area contributed by atoms with Crippen LogP contribution in [0.1, 0.15) is 12.6 Å². The van der Waals surface area contributed by atoms with Gasteiger partial charge in [0, 0.05) is 19.3 Å². The van der Waals surface area contributed by atoms with Crippen molar-refractivity contribution in [3.8, 4) is 0 Å². The standard InChI is InChI=1S/C10H12N2O/c1-8-3-4-9-7-10(13)11(2)12(9)6-5-8/h3-8H,1-2H3. The zero-order valence-electron chi connectivity index (χ0n) is 7.77. The van der Waals surface area contributed by atoms with E-state index in [1.807, 2.05) is 17.0 Å². The summed E-state index contributed by atoms with van der Waals surface area (Å²) in [5.41, 5.74) is 0.965. The molecule has 2 heterocycles. The molecule has 0 saturated carbocycles. The predicted molar refractivity (Wildman–Crippen MR) is 53.2 cm³/mol. The molecule has 3 heteroatoms. The average Bonchev–Trinajstić information content (AvgIpc) is 2.28. The molecule has 0 aliphatic carbocycles. The molecule has 0 radical (unpaired) electrons. The van der Waals surface area contributed by atoms with Crippen LogP contribution in [0.2, 0.25) is 0 Å². The number of hydrogen-bond acceptors (Lipinski definition) is 1. The first-order chi connectivity index (χ1) is 6.18. The van der Waals surface area contributed by atoms with E-state index < -0.39 is 0 Å². The minimum Gasteiger partial charge on any atom is -0.268 e. The third kappa shape index (κ3) is 1.26. The van der Waals surface area contributed by atoms with Crippen molar-refractivity contribution < 1.29 is 0 Å². The average molecular weight is 176 g/mol. The summed E-state index contributed by atoms with van der Waals surface area (Å²) < 4.78 is 3.44. The predicted octanol–water partition coefficient (Wildman–Crippen LogP) is 1.32. The fourth-order valence-corrected chi connectivity index (χ4v) is 1.41. The van der Waals surface area contributed by atoms with Crippen molar-refractivity contribution in [3.63, 3.8) is 0 Å². The monoisotopic (exact) mass is 176 g/mol. The van der Waals surface area contributed by atoms with E-state index in [2.05, 4.69) is 19.1 Å². The molecule has 0 fully saturated rings. The largest absolute Gasteiger partial charge is 0.268 e. The van der Waals surface area contributed by atoms with Gasteiger partial charge in [0.25, 0.3) is 5.56 Å². The lowest BCUT2D eigenvalue weighted by Gasteiger charge is -2.01. The number of rotatable bonds is 0. The highest BCUT2D eigenvalue weighted by Gasteiger charge is 2.05. The molecular weight excluding hydrogens is 164 g/mol. The first-order valence-electron chi connectivity index (χ1n) is 4.33. The van der Waals surface area contributed by atoms with Crippen LogP contribution in [0.25, 0.3) is 12.3 Å². The number of nitrogens with zero attached hydrogens (tertiary/aromatic N) is 2. The third-order valence-corrected chi connectivity index (χ3v) is 2.28. The molecule has 13 heavy (non-hydrogen) atoms. The normalized spacial score (nSPS) is 20.0. The van der Waals surface area contributed by atoms with Crippen molar-refractivity contribution in [2.45, 2.75) is 6.92 Å². The Morgan fingerprint density at radius 3 is 2.92 bits per heavy atom. The first-order valence-corrected chi connectivity index (χ1v) is 4.33. The van der Waals surface area contributed by atoms with Crippen molar-refractivity contribution in [3.05, 3.63) is 34.3 Å². The Hall–Kier alpha value is -1.51. The zero-order valence-corrected chi connectivity index (χ0v) is 7.77. The molecule has 3 nitrogen and oxygen atoms in total. The third-order valence-electron chi connectivity index (χ3n) is 2.28. The maximum Gasteiger partial charge on any atom is 0.267 e. The first kappa shape index (κ1) is 8.10. The molecule has 68 valence electrons. The highest BCUT2D eigenvalue weighted by atomic mass is 16.1. The number of fused-ring (bicyclic) bond motifs is 1. The van der Waals surface area contributed by atoms with E-state index in [-0.39, 0.29) is 5.56 Å². The Balaban J connectivity index is 2.64. The van der Waals surface area contributed by atoms with Crippen LogP contribution in [0.4, 0.5) is 0 Å². The summed E-state index contributed by atoms with van der Waals surface area (Å²) in [6, 6.07) is 1.64. The number of hydrogen-bond donors (Lipinski definition) is 0. The van der Waals surface area contributed by atoms with E-state index in [9.17, 15) is 4.79 Å². The highest BCUT2D eigenvalue weighted by molar-refractivity contribution is 5.51. The number of aromatic nitrogens is 2. The summed E-state index contributed by atoms with van der Waals surface area (Å²) >= 11 is 0. The second-order valence-corrected chi connectivity index (χ2v) is 3.34. The highest BCUT2D eigenvalue weighted by Crippen LogP contribution is 2.11. The molecule has 0 saturated heterocycles. The van der Waals surface area contributed by atoms with Crippen molar-refractivity contribution in [1.29, 1.82) is 0 Å². The van der Waals surface area contributed by atoms with Crippen LogP contribution >= 0.6 is 0 Å². The molecule has 1 aliphatic heterocycles. The SMILES string of the molecule is CC1C=Cc2cc(=O)n(C)n2C=C1. The van der Waals surface area contributed by atoms with Gasteiger partial charge in [0.05, 0.1) is 5.69 Å². The van der Waals surface area contributed by atoms with Gasteiger partial charge in [-0.15, -0.1) is 0 Å². The van der Waals surface area contributed by atoms with Gasteiger partial charge >= 0.3 is 0 Å². The molecule has 0 aromatic carbocycles. The van der Waals surface area contributed by atoms with E-state index in [1.54, 1.807) is 17.8 Å². The molecule has 0 spiro atoms. The van der Waals surface area contributed by atoms with Crippen molar-refractivity contribution in [1.82, 2.24) is 9.36 Å². The summed E-state index contributed by atoms with van der Waals surface area (Å²) in [6.07, 6.45) is 8.05. The van der Waals surface area contributed by atoms with E-state index in [0.29, 0.717) is 5.92 Å². The maximum atomic E-state index is 11.3. The molecule has 0 N–H and O–H groups in total. The Bertz CT molecular complexity index is 434. The second kappa shape index (κ2) is 2.76. The summed E-state index contributed by atoms with van der Waals surface area (Å²) in [4.78, 5) is 11.3. The Kier molecular flexibility index (Phi) is 1.72. The quantitative estimate of drug-likeness (QED) is 0.585. The topological polar surface area (TPSA) is 26.9 Å². The van der Waals surface area contributed by atoms with Crippen LogP contribution in [0.3, 0.4) is 0 Å². The van der Waals surface area contributed by atoms with Crippen LogP contribution in [0, 0.1) is 5.92 Å². The van der Waals surface area contributed by atoms with Gasteiger partial charge < -0.3 is 0 Å². The van der Waals surface area contributed by atoms with Gasteiger partial charge in [-0.3, -0.25) is 9.48 Å². The smallest absolute Gasteiger partial charge is 0.267 e. The molecule has 1 aromatic heterocycles. The fourth-order valence-electron chi connectivity index (χ4n) is 1.41. The Morgan fingerprint density at radius 2 is 2.15 bits per heavy atom. The van der Waals surface area contributed by atoms with Crippen LogP contribution in [-0.2, 0) is 7.05 Å². The molecule has 2 rings (SSSR count). The van der Waals surface area contributed by atoms with E-state index in [4.69, 9.17) is 0 Å². The van der Waals surface area contributed by atoms with Gasteiger partial charge in [0.2, 0.25) is 0 Å². The molecule has 1 aromatic rings. The summed E-state index contributed by atoms with van der Waals surface area (Å²) in [5.74, 6) is 0.426. The second-order valence-electron chi connectivity index (χ2n) is 3.34. The molecular formula is C10H12N2O. The van der Waals surface area contributed by atoms with Crippen LogP contribution in [0.15, 0.2) is 23.0 Å². The molecule has 1 aliphatic rings. The lowest BCUT2D eigenvalue weighted by atomic mass is 10.1. The van der Waals surface area contributed by atoms with Gasteiger partial charge in [-0.2, -0.15) is 0 Å². The maximum absolute atomic E-state index is 11.3. The lowest BCUT2D eigenvalue weighted by Crippen LogP contribution is -2.15. The Morgan fingerprint density at radius 1 is 1.38 bits per heavy atom. The van der Waals surface area contributed by atoms with Crippen LogP contribution < -0.4 is 5.56 Å². The molecule has 1 unspecified atom stereocenters. The van der Waals surface area contributed by atoms with E-state index in [0.717, 1.165) is 5.69 Å². The van der Waals surface area contributed by atoms with Gasteiger partial charge in [-0.25, -0.2) is 4.68 Å². The Labute approximate surface area is 76.6 Å². The van der Waals surface area contributed by atoms with E-state index >= 15 is 0 Å². The summed E-state index contributed by atoms with van der Waals surface area (Å²) in [5, 5.41) is 0. The lowest BCUT2D eigenvalue weighted by molar-refractivity contribution is 0.661.